The first-order valence-corrected chi connectivity index (χ1v) is 30.0. The molecule has 414 valence electrons. The van der Waals surface area contributed by atoms with E-state index in [1.54, 1.807) is 0 Å². The molecular formula is C67H110O6. The largest absolute Gasteiger partial charge is 0.462 e. The van der Waals surface area contributed by atoms with Crippen LogP contribution in [0.5, 0.6) is 0 Å². The third-order valence-corrected chi connectivity index (χ3v) is 12.4. The lowest BCUT2D eigenvalue weighted by atomic mass is 10.0. The van der Waals surface area contributed by atoms with E-state index in [1.165, 1.54) is 109 Å². The summed E-state index contributed by atoms with van der Waals surface area (Å²) in [6, 6.07) is 0. The highest BCUT2D eigenvalue weighted by atomic mass is 16.6. The summed E-state index contributed by atoms with van der Waals surface area (Å²) < 4.78 is 16.8. The van der Waals surface area contributed by atoms with Crippen molar-refractivity contribution in [2.45, 2.75) is 271 Å². The summed E-state index contributed by atoms with van der Waals surface area (Å²) in [7, 11) is 0. The van der Waals surface area contributed by atoms with Crippen molar-refractivity contribution in [3.05, 3.63) is 122 Å². The highest BCUT2D eigenvalue weighted by Gasteiger charge is 2.19. The Bertz CT molecular complexity index is 1540. The van der Waals surface area contributed by atoms with Crippen molar-refractivity contribution >= 4 is 17.9 Å². The van der Waals surface area contributed by atoms with E-state index in [-0.39, 0.29) is 37.5 Å². The molecule has 0 heterocycles. The molecule has 0 aliphatic carbocycles. The zero-order valence-corrected chi connectivity index (χ0v) is 47.4. The molecule has 0 fully saturated rings. The lowest BCUT2D eigenvalue weighted by molar-refractivity contribution is -0.166. The lowest BCUT2D eigenvalue weighted by Gasteiger charge is -2.18. The molecule has 0 N–H and O–H groups in total. The molecule has 0 aliphatic heterocycles. The standard InChI is InChI=1S/C67H110O6/c1-4-7-10-13-16-19-22-25-27-29-31-32-33-34-36-37-39-42-45-48-51-54-57-60-66(69)72-63-64(62-71-65(68)59-56-53-50-47-44-41-24-21-18-15-12-9-6-3)73-67(70)61-58-55-52-49-46-43-40-38-35-30-28-26-23-20-17-14-11-8-5-2/h8-9,11-12,17-18,20-22,25-26,28-29,31,35,38,41,44,50,53,64H,4-7,10,13-16,19,23-24,27,30,32-34,36-37,39-40,42-43,45-49,51-52,54-63H2,1-3H3/b11-8-,12-9-,20-17-,21-18-,25-22-,28-26-,31-29-,38-35-,44-41-,53-50-. The van der Waals surface area contributed by atoms with Gasteiger partial charge in [-0.05, 0) is 116 Å². The molecule has 0 saturated heterocycles. The molecule has 0 spiro atoms. The first kappa shape index (κ1) is 68.8. The van der Waals surface area contributed by atoms with Crippen LogP contribution in [0.4, 0.5) is 0 Å². The zero-order chi connectivity index (χ0) is 52.9. The Morgan fingerprint density at radius 3 is 0.918 bits per heavy atom. The fourth-order valence-corrected chi connectivity index (χ4v) is 8.01. The summed E-state index contributed by atoms with van der Waals surface area (Å²) >= 11 is 0. The molecule has 6 heteroatoms. The number of esters is 3. The number of ether oxygens (including phenoxy) is 3. The molecule has 0 aliphatic rings. The second-order valence-corrected chi connectivity index (χ2v) is 19.5. The van der Waals surface area contributed by atoms with Crippen LogP contribution in [0.15, 0.2) is 122 Å². The van der Waals surface area contributed by atoms with E-state index >= 15 is 0 Å². The molecule has 0 aromatic carbocycles. The third kappa shape index (κ3) is 58.6. The summed E-state index contributed by atoms with van der Waals surface area (Å²) in [5.41, 5.74) is 0. The van der Waals surface area contributed by atoms with Crippen LogP contribution in [0.2, 0.25) is 0 Å². The van der Waals surface area contributed by atoms with E-state index in [0.29, 0.717) is 19.3 Å². The maximum Gasteiger partial charge on any atom is 0.306 e. The van der Waals surface area contributed by atoms with Gasteiger partial charge in [-0.3, -0.25) is 14.4 Å². The Balaban J connectivity index is 4.42. The van der Waals surface area contributed by atoms with Crippen molar-refractivity contribution in [3.8, 4) is 0 Å². The summed E-state index contributed by atoms with van der Waals surface area (Å²) in [5.74, 6) is -1.01. The first-order valence-electron chi connectivity index (χ1n) is 30.0. The minimum atomic E-state index is -0.819. The van der Waals surface area contributed by atoms with E-state index in [0.717, 1.165) is 109 Å². The van der Waals surface area contributed by atoms with Crippen LogP contribution >= 0.6 is 0 Å². The van der Waals surface area contributed by atoms with Gasteiger partial charge in [-0.15, -0.1) is 0 Å². The minimum absolute atomic E-state index is 0.109. The highest BCUT2D eigenvalue weighted by molar-refractivity contribution is 5.71. The number of unbranched alkanes of at least 4 members (excludes halogenated alkanes) is 22. The van der Waals surface area contributed by atoms with Gasteiger partial charge in [-0.25, -0.2) is 0 Å². The Kier molecular flexibility index (Phi) is 56.9. The molecule has 6 nitrogen and oxygen atoms in total. The van der Waals surface area contributed by atoms with E-state index in [9.17, 15) is 14.4 Å². The summed E-state index contributed by atoms with van der Waals surface area (Å²) in [4.78, 5) is 38.2. The predicted molar refractivity (Wildman–Crippen MR) is 316 cm³/mol. The average molecular weight is 1010 g/mol. The van der Waals surface area contributed by atoms with Crippen molar-refractivity contribution in [1.29, 1.82) is 0 Å². The monoisotopic (exact) mass is 1010 g/mol. The smallest absolute Gasteiger partial charge is 0.306 e. The van der Waals surface area contributed by atoms with Gasteiger partial charge >= 0.3 is 17.9 Å². The Morgan fingerprint density at radius 2 is 0.562 bits per heavy atom. The molecule has 0 radical (unpaired) electrons. The van der Waals surface area contributed by atoms with Crippen LogP contribution < -0.4 is 0 Å². The second kappa shape index (κ2) is 60.4. The third-order valence-electron chi connectivity index (χ3n) is 12.4. The normalized spacial score (nSPS) is 13.0. The lowest BCUT2D eigenvalue weighted by Crippen LogP contribution is -2.30. The van der Waals surface area contributed by atoms with Gasteiger partial charge in [-0.1, -0.05) is 251 Å². The topological polar surface area (TPSA) is 78.9 Å². The molecule has 1 unspecified atom stereocenters. The molecule has 0 aromatic rings. The Morgan fingerprint density at radius 1 is 0.288 bits per heavy atom. The van der Waals surface area contributed by atoms with Crippen molar-refractivity contribution in [2.24, 2.45) is 0 Å². The van der Waals surface area contributed by atoms with Crippen LogP contribution in [-0.4, -0.2) is 37.2 Å². The number of rotatable bonds is 53. The maximum absolute atomic E-state index is 12.9. The quantitative estimate of drug-likeness (QED) is 0.0261. The fourth-order valence-electron chi connectivity index (χ4n) is 8.01. The van der Waals surface area contributed by atoms with Gasteiger partial charge < -0.3 is 14.2 Å². The van der Waals surface area contributed by atoms with Gasteiger partial charge in [0.05, 0.1) is 0 Å². The number of hydrogen-bond acceptors (Lipinski definition) is 6. The molecule has 0 rings (SSSR count). The van der Waals surface area contributed by atoms with E-state index < -0.39 is 6.10 Å². The minimum Gasteiger partial charge on any atom is -0.462 e. The second-order valence-electron chi connectivity index (χ2n) is 19.5. The summed E-state index contributed by atoms with van der Waals surface area (Å²) in [6.45, 7) is 6.33. The Hall–Kier alpha value is -4.19. The van der Waals surface area contributed by atoms with E-state index in [1.807, 2.05) is 6.08 Å². The molecule has 1 atom stereocenters. The van der Waals surface area contributed by atoms with Crippen LogP contribution in [0.25, 0.3) is 0 Å². The molecule has 73 heavy (non-hydrogen) atoms. The number of carbonyl (C=O) groups is 3. The highest BCUT2D eigenvalue weighted by Crippen LogP contribution is 2.15. The Labute approximate surface area is 450 Å². The molecule has 0 bridgehead atoms. The van der Waals surface area contributed by atoms with Gasteiger partial charge in [0.25, 0.3) is 0 Å². The van der Waals surface area contributed by atoms with Gasteiger partial charge in [0.1, 0.15) is 13.2 Å². The fraction of sp³-hybridized carbons (Fsp3) is 0.657. The molecule has 0 amide bonds. The number of allylic oxidation sites excluding steroid dienone is 20. The van der Waals surface area contributed by atoms with Gasteiger partial charge in [0, 0.05) is 19.3 Å². The van der Waals surface area contributed by atoms with Gasteiger partial charge in [-0.2, -0.15) is 0 Å². The van der Waals surface area contributed by atoms with Crippen molar-refractivity contribution < 1.29 is 28.6 Å². The predicted octanol–water partition coefficient (Wildman–Crippen LogP) is 20.4. The molecule has 0 saturated carbocycles. The van der Waals surface area contributed by atoms with Gasteiger partial charge in [0.2, 0.25) is 0 Å². The number of carbonyl (C=O) groups excluding carboxylic acids is 3. The van der Waals surface area contributed by atoms with E-state index in [4.69, 9.17) is 14.2 Å². The van der Waals surface area contributed by atoms with E-state index in [2.05, 4.69) is 136 Å². The summed E-state index contributed by atoms with van der Waals surface area (Å²) in [6.07, 6.45) is 83.5. The van der Waals surface area contributed by atoms with Crippen LogP contribution in [0.1, 0.15) is 265 Å². The van der Waals surface area contributed by atoms with Crippen LogP contribution in [0, 0.1) is 0 Å². The average Bonchev–Trinajstić information content (AvgIpc) is 3.39. The van der Waals surface area contributed by atoms with Crippen LogP contribution in [-0.2, 0) is 28.6 Å². The summed E-state index contributed by atoms with van der Waals surface area (Å²) in [5, 5.41) is 0. The molecule has 0 aromatic heterocycles. The zero-order valence-electron chi connectivity index (χ0n) is 47.4. The SMILES string of the molecule is CC/C=C\C/C=C\C/C=C\C/C=C\CCCCCCCCC(=O)OC(COC(=O)CC/C=C\C/C=C\C/C=C\C/C=C\CC)COC(=O)CCCCCCCCCCCCC/C=C\C/C=C\CCCCCCC. The van der Waals surface area contributed by atoms with Crippen molar-refractivity contribution in [2.75, 3.05) is 13.2 Å². The number of hydrogen-bond donors (Lipinski definition) is 0. The van der Waals surface area contributed by atoms with Crippen molar-refractivity contribution in [3.63, 3.8) is 0 Å². The first-order chi connectivity index (χ1) is 36.0. The van der Waals surface area contributed by atoms with Gasteiger partial charge in [0.15, 0.2) is 6.10 Å². The molecular weight excluding hydrogens is 901 g/mol. The maximum atomic E-state index is 12.9. The van der Waals surface area contributed by atoms with Crippen molar-refractivity contribution in [1.82, 2.24) is 0 Å². The van der Waals surface area contributed by atoms with Crippen LogP contribution in [0.3, 0.4) is 0 Å².